The fourth-order valence-corrected chi connectivity index (χ4v) is 2.48. The van der Waals surface area contributed by atoms with Crippen LogP contribution in [0.25, 0.3) is 11.4 Å². The maximum absolute atomic E-state index is 4.54. The topological polar surface area (TPSA) is 37.8 Å². The third-order valence-electron chi connectivity index (χ3n) is 2.68. The summed E-state index contributed by atoms with van der Waals surface area (Å²) >= 11 is 5.80. The summed E-state index contributed by atoms with van der Waals surface area (Å²) in [5.41, 5.74) is 3.21. The molecule has 0 aliphatic heterocycles. The number of hydrogen-bond donors (Lipinski definition) is 1. The molecule has 0 saturated heterocycles. The molecule has 0 aliphatic rings. The van der Waals surface area contributed by atoms with Crippen LogP contribution >= 0.6 is 38.5 Å². The van der Waals surface area contributed by atoms with Crippen LogP contribution < -0.4 is 5.32 Å². The molecule has 1 aromatic heterocycles. The predicted molar refractivity (Wildman–Crippen MR) is 86.9 cm³/mol. The summed E-state index contributed by atoms with van der Waals surface area (Å²) in [5, 5.41) is 3.10. The average Bonchev–Trinajstić information content (AvgIpc) is 2.36. The van der Waals surface area contributed by atoms with Crippen molar-refractivity contribution in [2.24, 2.45) is 0 Å². The van der Waals surface area contributed by atoms with Crippen molar-refractivity contribution in [3.8, 4) is 11.4 Å². The molecule has 0 fully saturated rings. The third kappa shape index (κ3) is 2.66. The molecular weight excluding hydrogens is 405 g/mol. The lowest BCUT2D eigenvalue weighted by molar-refractivity contribution is 1.09. The van der Waals surface area contributed by atoms with Gasteiger partial charge < -0.3 is 5.32 Å². The number of halogens is 2. The molecule has 2 aromatic rings. The van der Waals surface area contributed by atoms with Crippen LogP contribution in [0.4, 0.5) is 5.82 Å². The van der Waals surface area contributed by atoms with Gasteiger partial charge in [-0.25, -0.2) is 9.97 Å². The van der Waals surface area contributed by atoms with Crippen molar-refractivity contribution in [2.75, 3.05) is 12.4 Å². The van der Waals surface area contributed by atoms with E-state index in [4.69, 9.17) is 0 Å². The lowest BCUT2D eigenvalue weighted by Crippen LogP contribution is -2.02. The van der Waals surface area contributed by atoms with Crippen LogP contribution in [0.5, 0.6) is 0 Å². The molecule has 0 amide bonds. The first-order valence-corrected chi connectivity index (χ1v) is 7.38. The lowest BCUT2D eigenvalue weighted by atomic mass is 10.1. The highest BCUT2D eigenvalue weighted by Gasteiger charge is 2.10. The van der Waals surface area contributed by atoms with Crippen LogP contribution in [0, 0.1) is 17.4 Å². The van der Waals surface area contributed by atoms with E-state index in [1.165, 1.54) is 5.56 Å². The summed E-state index contributed by atoms with van der Waals surface area (Å²) in [4.78, 5) is 9.08. The fraction of sp³-hybridized carbons (Fsp3) is 0.231. The SMILES string of the molecule is CNc1nc(-c2ccc(C)c(Br)c2)nc(C)c1I. The highest BCUT2D eigenvalue weighted by atomic mass is 127. The Labute approximate surface area is 129 Å². The van der Waals surface area contributed by atoms with Gasteiger partial charge in [-0.05, 0) is 48.1 Å². The molecule has 0 bridgehead atoms. The van der Waals surface area contributed by atoms with E-state index in [9.17, 15) is 0 Å². The lowest BCUT2D eigenvalue weighted by Gasteiger charge is -2.09. The van der Waals surface area contributed by atoms with Crippen molar-refractivity contribution < 1.29 is 0 Å². The predicted octanol–water partition coefficient (Wildman–Crippen LogP) is 4.17. The van der Waals surface area contributed by atoms with Crippen LogP contribution in [0.15, 0.2) is 22.7 Å². The third-order valence-corrected chi connectivity index (χ3v) is 4.83. The first-order valence-electron chi connectivity index (χ1n) is 5.51. The van der Waals surface area contributed by atoms with E-state index in [1.54, 1.807) is 0 Å². The Morgan fingerprint density at radius 2 is 1.94 bits per heavy atom. The number of rotatable bonds is 2. The van der Waals surface area contributed by atoms with Gasteiger partial charge in [0.2, 0.25) is 0 Å². The van der Waals surface area contributed by atoms with E-state index >= 15 is 0 Å². The normalized spacial score (nSPS) is 10.5. The van der Waals surface area contributed by atoms with Gasteiger partial charge in [0.15, 0.2) is 5.82 Å². The number of anilines is 1. The highest BCUT2D eigenvalue weighted by molar-refractivity contribution is 14.1. The second-order valence-corrected chi connectivity index (χ2v) is 5.94. The summed E-state index contributed by atoms with van der Waals surface area (Å²) in [6, 6.07) is 6.16. The van der Waals surface area contributed by atoms with Crippen LogP contribution in [0.2, 0.25) is 0 Å². The molecule has 1 N–H and O–H groups in total. The molecule has 3 nitrogen and oxygen atoms in total. The maximum Gasteiger partial charge on any atom is 0.161 e. The van der Waals surface area contributed by atoms with Crippen molar-refractivity contribution in [3.63, 3.8) is 0 Å². The number of hydrogen-bond acceptors (Lipinski definition) is 3. The Morgan fingerprint density at radius 3 is 2.56 bits per heavy atom. The van der Waals surface area contributed by atoms with Crippen molar-refractivity contribution >= 4 is 44.3 Å². The Balaban J connectivity index is 2.57. The summed E-state index contributed by atoms with van der Waals surface area (Å²) in [5.74, 6) is 1.62. The van der Waals surface area contributed by atoms with Gasteiger partial charge in [0.1, 0.15) is 5.82 Å². The van der Waals surface area contributed by atoms with E-state index < -0.39 is 0 Å². The molecule has 0 unspecified atom stereocenters. The molecule has 2 rings (SSSR count). The number of nitrogens with zero attached hydrogens (tertiary/aromatic N) is 2. The minimum absolute atomic E-state index is 0.748. The van der Waals surface area contributed by atoms with Crippen LogP contribution in [0.3, 0.4) is 0 Å². The average molecular weight is 418 g/mol. The zero-order valence-corrected chi connectivity index (χ0v) is 14.1. The Bertz CT molecular complexity index is 599. The second-order valence-electron chi connectivity index (χ2n) is 4.01. The molecule has 18 heavy (non-hydrogen) atoms. The van der Waals surface area contributed by atoms with Gasteiger partial charge in [0.05, 0.1) is 9.26 Å². The number of benzene rings is 1. The van der Waals surface area contributed by atoms with Crippen LogP contribution in [-0.4, -0.2) is 17.0 Å². The zero-order chi connectivity index (χ0) is 13.3. The van der Waals surface area contributed by atoms with Gasteiger partial charge in [-0.15, -0.1) is 0 Å². The molecule has 0 aliphatic carbocycles. The first-order chi connectivity index (χ1) is 8.52. The van der Waals surface area contributed by atoms with E-state index in [0.717, 1.165) is 30.9 Å². The Kier molecular flexibility index (Phi) is 4.21. The van der Waals surface area contributed by atoms with Gasteiger partial charge in [-0.1, -0.05) is 28.1 Å². The molecule has 1 aromatic carbocycles. The van der Waals surface area contributed by atoms with Gasteiger partial charge in [0, 0.05) is 17.1 Å². The fourth-order valence-electron chi connectivity index (χ4n) is 1.59. The summed E-state index contributed by atoms with van der Waals surface area (Å²) in [6.45, 7) is 4.06. The molecule has 94 valence electrons. The minimum atomic E-state index is 0.748. The summed E-state index contributed by atoms with van der Waals surface area (Å²) in [7, 11) is 1.87. The van der Waals surface area contributed by atoms with E-state index in [-0.39, 0.29) is 0 Å². The summed E-state index contributed by atoms with van der Waals surface area (Å²) < 4.78 is 2.14. The number of nitrogens with one attached hydrogen (secondary N) is 1. The van der Waals surface area contributed by atoms with Gasteiger partial charge in [0.25, 0.3) is 0 Å². The molecule has 0 spiro atoms. The summed E-state index contributed by atoms with van der Waals surface area (Å²) in [6.07, 6.45) is 0. The maximum atomic E-state index is 4.54. The van der Waals surface area contributed by atoms with Crippen molar-refractivity contribution in [1.29, 1.82) is 0 Å². The van der Waals surface area contributed by atoms with Gasteiger partial charge in [-0.3, -0.25) is 0 Å². The number of aromatic nitrogens is 2. The molecule has 1 heterocycles. The zero-order valence-electron chi connectivity index (χ0n) is 10.4. The Hall–Kier alpha value is -0.690. The molecule has 0 atom stereocenters. The highest BCUT2D eigenvalue weighted by Crippen LogP contribution is 2.26. The first kappa shape index (κ1) is 13.7. The minimum Gasteiger partial charge on any atom is -0.372 e. The molecule has 0 saturated carbocycles. The van der Waals surface area contributed by atoms with E-state index in [2.05, 4.69) is 72.9 Å². The molecule has 5 heteroatoms. The van der Waals surface area contributed by atoms with Crippen molar-refractivity contribution in [1.82, 2.24) is 9.97 Å². The van der Waals surface area contributed by atoms with E-state index in [0.29, 0.717) is 0 Å². The van der Waals surface area contributed by atoms with Crippen molar-refractivity contribution in [2.45, 2.75) is 13.8 Å². The van der Waals surface area contributed by atoms with Gasteiger partial charge in [-0.2, -0.15) is 0 Å². The molecular formula is C13H13BrIN3. The largest absolute Gasteiger partial charge is 0.372 e. The monoisotopic (exact) mass is 417 g/mol. The molecule has 0 radical (unpaired) electrons. The van der Waals surface area contributed by atoms with Crippen LogP contribution in [-0.2, 0) is 0 Å². The number of aryl methyl sites for hydroxylation is 2. The quantitative estimate of drug-likeness (QED) is 0.745. The Morgan fingerprint density at radius 1 is 1.22 bits per heavy atom. The van der Waals surface area contributed by atoms with Crippen molar-refractivity contribution in [3.05, 3.63) is 37.5 Å². The van der Waals surface area contributed by atoms with Gasteiger partial charge >= 0.3 is 0 Å². The second kappa shape index (κ2) is 5.52. The smallest absolute Gasteiger partial charge is 0.161 e. The van der Waals surface area contributed by atoms with Crippen LogP contribution in [0.1, 0.15) is 11.3 Å². The van der Waals surface area contributed by atoms with E-state index in [1.807, 2.05) is 20.0 Å². The standard InChI is InChI=1S/C13H13BrIN3/c1-7-4-5-9(6-10(7)14)12-17-8(2)11(15)13(16-3)18-12/h4-6H,1-3H3,(H,16,17,18).